The highest BCUT2D eigenvalue weighted by atomic mass is 19.1. The molecule has 124 valence electrons. The smallest absolute Gasteiger partial charge is 0.354 e. The van der Waals surface area contributed by atoms with Crippen LogP contribution in [0, 0.1) is 5.82 Å². The number of carbonyl (C=O) groups is 2. The molecule has 2 rings (SSSR count). The van der Waals surface area contributed by atoms with Gasteiger partial charge >= 0.3 is 5.97 Å². The zero-order chi connectivity index (χ0) is 16.8. The fraction of sp³-hybridized carbons (Fsp3) is 0.375. The predicted molar refractivity (Wildman–Crippen MR) is 79.5 cm³/mol. The minimum Gasteiger partial charge on any atom is -0.464 e. The van der Waals surface area contributed by atoms with E-state index >= 15 is 0 Å². The molecule has 0 spiro atoms. The lowest BCUT2D eigenvalue weighted by atomic mass is 10.0. The van der Waals surface area contributed by atoms with Crippen LogP contribution in [0.1, 0.15) is 30.8 Å². The second-order valence-corrected chi connectivity index (χ2v) is 4.90. The van der Waals surface area contributed by atoms with Gasteiger partial charge < -0.3 is 19.5 Å². The van der Waals surface area contributed by atoms with E-state index in [-0.39, 0.29) is 11.3 Å². The van der Waals surface area contributed by atoms with Gasteiger partial charge in [0.2, 0.25) is 5.91 Å². The van der Waals surface area contributed by atoms with Gasteiger partial charge in [0.1, 0.15) is 11.5 Å². The van der Waals surface area contributed by atoms with Crippen LogP contribution in [0.25, 0.3) is 6.08 Å². The Bertz CT molecular complexity index is 623. The molecule has 1 N–H and O–H groups in total. The molecule has 0 radical (unpaired) electrons. The maximum Gasteiger partial charge on any atom is 0.354 e. The number of rotatable bonds is 4. The molecule has 0 unspecified atom stereocenters. The number of halogens is 1. The summed E-state index contributed by atoms with van der Waals surface area (Å²) in [6, 6.07) is 4.38. The second-order valence-electron chi connectivity index (χ2n) is 4.90. The minimum absolute atomic E-state index is 0.0948. The van der Waals surface area contributed by atoms with Crippen molar-refractivity contribution in [3.8, 4) is 0 Å². The first-order chi connectivity index (χ1) is 11.0. The van der Waals surface area contributed by atoms with Gasteiger partial charge in [0.25, 0.3) is 0 Å². The normalized spacial score (nSPS) is 16.0. The van der Waals surface area contributed by atoms with Crippen LogP contribution >= 0.6 is 0 Å². The van der Waals surface area contributed by atoms with Gasteiger partial charge in [-0.05, 0) is 24.1 Å². The van der Waals surface area contributed by atoms with Crippen molar-refractivity contribution in [2.24, 2.45) is 0 Å². The number of nitrogens with one attached hydrogen (secondary N) is 1. The van der Waals surface area contributed by atoms with Crippen molar-refractivity contribution in [2.45, 2.75) is 19.6 Å². The van der Waals surface area contributed by atoms with E-state index < -0.39 is 24.0 Å². The van der Waals surface area contributed by atoms with Gasteiger partial charge in [0.15, 0.2) is 6.29 Å². The van der Waals surface area contributed by atoms with E-state index in [0.29, 0.717) is 18.8 Å². The largest absolute Gasteiger partial charge is 0.464 e. The number of benzene rings is 1. The average molecular weight is 323 g/mol. The van der Waals surface area contributed by atoms with Gasteiger partial charge in [-0.3, -0.25) is 4.79 Å². The molecule has 7 heteroatoms. The monoisotopic (exact) mass is 323 g/mol. The summed E-state index contributed by atoms with van der Waals surface area (Å²) < 4.78 is 29.7. The lowest BCUT2D eigenvalue weighted by Gasteiger charge is -2.25. The van der Waals surface area contributed by atoms with E-state index in [1.54, 1.807) is 6.07 Å². The highest BCUT2D eigenvalue weighted by Gasteiger charge is 2.24. The highest BCUT2D eigenvalue weighted by Crippen LogP contribution is 2.29. The summed E-state index contributed by atoms with van der Waals surface area (Å²) in [5.74, 6) is -1.69. The molecular weight excluding hydrogens is 305 g/mol. The van der Waals surface area contributed by atoms with Crippen LogP contribution in [0.3, 0.4) is 0 Å². The topological polar surface area (TPSA) is 73.9 Å². The van der Waals surface area contributed by atoms with E-state index in [2.05, 4.69) is 10.1 Å². The van der Waals surface area contributed by atoms with Crippen molar-refractivity contribution in [3.05, 3.63) is 40.8 Å². The second kappa shape index (κ2) is 7.85. The summed E-state index contributed by atoms with van der Waals surface area (Å²) in [6.07, 6.45) is 1.22. The number of hydrogen-bond donors (Lipinski definition) is 1. The molecule has 0 aliphatic carbocycles. The number of ether oxygens (including phenoxy) is 3. The molecular formula is C16H18FNO5. The van der Waals surface area contributed by atoms with Crippen LogP contribution in [0.2, 0.25) is 0 Å². The molecule has 1 saturated heterocycles. The molecule has 23 heavy (non-hydrogen) atoms. The summed E-state index contributed by atoms with van der Waals surface area (Å²) >= 11 is 0. The number of amides is 1. The van der Waals surface area contributed by atoms with E-state index in [1.807, 2.05) is 0 Å². The predicted octanol–water partition coefficient (Wildman–Crippen LogP) is 1.91. The molecule has 0 saturated carbocycles. The molecule has 1 aliphatic heterocycles. The van der Waals surface area contributed by atoms with Crippen LogP contribution in [0.5, 0.6) is 0 Å². The fourth-order valence-corrected chi connectivity index (χ4v) is 2.18. The van der Waals surface area contributed by atoms with E-state index in [0.717, 1.165) is 6.42 Å². The van der Waals surface area contributed by atoms with Gasteiger partial charge in [-0.2, -0.15) is 0 Å². The molecule has 1 aromatic rings. The standard InChI is InChI=1S/C16H18FNO5/c1-10(19)18-13(15(20)21-2)9-11-5-3-6-12(17)14(11)16-22-7-4-8-23-16/h3,5-6,9,16H,4,7-8H2,1-2H3,(H,18,19). The van der Waals surface area contributed by atoms with Crippen molar-refractivity contribution >= 4 is 18.0 Å². The third-order valence-corrected chi connectivity index (χ3v) is 3.17. The summed E-state index contributed by atoms with van der Waals surface area (Å²) in [4.78, 5) is 23.0. The molecule has 6 nitrogen and oxygen atoms in total. The van der Waals surface area contributed by atoms with Crippen molar-refractivity contribution in [3.63, 3.8) is 0 Å². The number of methoxy groups -OCH3 is 1. The van der Waals surface area contributed by atoms with Crippen molar-refractivity contribution in [1.29, 1.82) is 0 Å². The summed E-state index contributed by atoms with van der Waals surface area (Å²) in [5.41, 5.74) is 0.452. The number of hydrogen-bond acceptors (Lipinski definition) is 5. The molecule has 1 fully saturated rings. The molecule has 0 bridgehead atoms. The molecule has 1 aliphatic rings. The van der Waals surface area contributed by atoms with Gasteiger partial charge in [-0.25, -0.2) is 9.18 Å². The molecule has 1 amide bonds. The maximum absolute atomic E-state index is 14.2. The van der Waals surface area contributed by atoms with Crippen LogP contribution in [0.4, 0.5) is 4.39 Å². The first-order valence-electron chi connectivity index (χ1n) is 7.12. The van der Waals surface area contributed by atoms with Crippen molar-refractivity contribution in [2.75, 3.05) is 20.3 Å². The zero-order valence-corrected chi connectivity index (χ0v) is 12.9. The van der Waals surface area contributed by atoms with Gasteiger partial charge in [0, 0.05) is 6.92 Å². The van der Waals surface area contributed by atoms with Crippen LogP contribution in [-0.2, 0) is 23.8 Å². The Morgan fingerprint density at radius 2 is 2.04 bits per heavy atom. The van der Waals surface area contributed by atoms with Crippen molar-refractivity contribution in [1.82, 2.24) is 5.32 Å². The Morgan fingerprint density at radius 1 is 1.35 bits per heavy atom. The Kier molecular flexibility index (Phi) is 5.84. The van der Waals surface area contributed by atoms with Crippen LogP contribution in [-0.4, -0.2) is 32.2 Å². The van der Waals surface area contributed by atoms with Crippen LogP contribution < -0.4 is 5.32 Å². The van der Waals surface area contributed by atoms with Gasteiger partial charge in [-0.15, -0.1) is 0 Å². The van der Waals surface area contributed by atoms with E-state index in [4.69, 9.17) is 9.47 Å². The lowest BCUT2D eigenvalue weighted by Crippen LogP contribution is -2.26. The van der Waals surface area contributed by atoms with E-state index in [1.165, 1.54) is 32.2 Å². The molecule has 1 heterocycles. The average Bonchev–Trinajstić information content (AvgIpc) is 2.54. The summed E-state index contributed by atoms with van der Waals surface area (Å²) in [7, 11) is 1.19. The first kappa shape index (κ1) is 17.1. The van der Waals surface area contributed by atoms with E-state index in [9.17, 15) is 14.0 Å². The number of esters is 1. The fourth-order valence-electron chi connectivity index (χ4n) is 2.18. The summed E-state index contributed by atoms with van der Waals surface area (Å²) in [6.45, 7) is 2.17. The van der Waals surface area contributed by atoms with Crippen molar-refractivity contribution < 1.29 is 28.2 Å². The summed E-state index contributed by atoms with van der Waals surface area (Å²) in [5, 5.41) is 2.37. The quantitative estimate of drug-likeness (QED) is 0.677. The third-order valence-electron chi connectivity index (χ3n) is 3.17. The molecule has 0 aromatic heterocycles. The minimum atomic E-state index is -0.854. The Morgan fingerprint density at radius 3 is 2.65 bits per heavy atom. The molecule has 0 atom stereocenters. The maximum atomic E-state index is 14.2. The first-order valence-corrected chi connectivity index (χ1v) is 7.12. The lowest BCUT2D eigenvalue weighted by molar-refractivity contribution is -0.184. The third kappa shape index (κ3) is 4.37. The molecule has 1 aromatic carbocycles. The Balaban J connectivity index is 2.44. The zero-order valence-electron chi connectivity index (χ0n) is 12.9. The highest BCUT2D eigenvalue weighted by molar-refractivity contribution is 5.97. The van der Waals surface area contributed by atoms with Crippen LogP contribution in [0.15, 0.2) is 23.9 Å². The SMILES string of the molecule is COC(=O)C(=Cc1cccc(F)c1C1OCCCO1)NC(C)=O. The number of carbonyl (C=O) groups excluding carboxylic acids is 2. The van der Waals surface area contributed by atoms with Gasteiger partial charge in [0.05, 0.1) is 25.9 Å². The Labute approximate surface area is 133 Å². The van der Waals surface area contributed by atoms with Gasteiger partial charge in [-0.1, -0.05) is 12.1 Å². The Hall–Kier alpha value is -2.25.